The molecule has 2 rings (SSSR count). The predicted molar refractivity (Wildman–Crippen MR) is 69.6 cm³/mol. The van der Waals surface area contributed by atoms with E-state index in [2.05, 4.69) is 0 Å². The number of rotatable bonds is 4. The van der Waals surface area contributed by atoms with Crippen molar-refractivity contribution in [1.82, 2.24) is 4.90 Å². The first-order chi connectivity index (χ1) is 9.23. The molecule has 0 aliphatic carbocycles. The van der Waals surface area contributed by atoms with E-state index in [9.17, 15) is 21.5 Å². The van der Waals surface area contributed by atoms with Gasteiger partial charge in [-0.3, -0.25) is 4.79 Å². The number of hydrogen-bond donors (Lipinski definition) is 0. The molecule has 20 heavy (non-hydrogen) atoms. The molecule has 1 aliphatic heterocycles. The Morgan fingerprint density at radius 1 is 1.35 bits per heavy atom. The van der Waals surface area contributed by atoms with Gasteiger partial charge in [-0.05, 0) is 30.2 Å². The van der Waals surface area contributed by atoms with Gasteiger partial charge >= 0.3 is 10.2 Å². The molecule has 1 amide bonds. The van der Waals surface area contributed by atoms with Crippen LogP contribution in [0.2, 0.25) is 0 Å². The van der Waals surface area contributed by atoms with E-state index in [0.29, 0.717) is 5.56 Å². The first-order valence-electron chi connectivity index (χ1n) is 6.19. The van der Waals surface area contributed by atoms with Crippen molar-refractivity contribution < 1.29 is 21.5 Å². The van der Waals surface area contributed by atoms with Gasteiger partial charge in [0.2, 0.25) is 5.91 Å². The molecule has 0 aromatic heterocycles. The number of aryl methyl sites for hydroxylation is 1. The minimum Gasteiger partial charge on any atom is -0.338 e. The van der Waals surface area contributed by atoms with Crippen molar-refractivity contribution in [3.63, 3.8) is 0 Å². The van der Waals surface area contributed by atoms with Crippen LogP contribution in [0, 0.1) is 18.7 Å². The summed E-state index contributed by atoms with van der Waals surface area (Å²) in [5.41, 5.74) is 1.38. The largest absolute Gasteiger partial charge is 0.338 e. The minimum atomic E-state index is -4.58. The summed E-state index contributed by atoms with van der Waals surface area (Å²) in [5.74, 6) is -1.79. The number of nitrogens with zero attached hydrogens (tertiary/aromatic N) is 1. The Morgan fingerprint density at radius 3 is 2.65 bits per heavy atom. The molecule has 0 saturated carbocycles. The van der Waals surface area contributed by atoms with Gasteiger partial charge in [-0.15, -0.1) is 3.89 Å². The second-order valence-corrected chi connectivity index (χ2v) is 6.60. The van der Waals surface area contributed by atoms with Crippen LogP contribution >= 0.6 is 0 Å². The lowest BCUT2D eigenvalue weighted by Gasteiger charge is -2.16. The van der Waals surface area contributed by atoms with E-state index in [0.717, 1.165) is 5.56 Å². The smallest absolute Gasteiger partial charge is 0.302 e. The van der Waals surface area contributed by atoms with E-state index in [1.54, 1.807) is 13.0 Å². The molecule has 7 heteroatoms. The third-order valence-electron chi connectivity index (χ3n) is 3.20. The third-order valence-corrected chi connectivity index (χ3v) is 4.07. The van der Waals surface area contributed by atoms with Crippen molar-refractivity contribution in [2.24, 2.45) is 5.92 Å². The Bertz CT molecular complexity index is 610. The van der Waals surface area contributed by atoms with Gasteiger partial charge in [0.05, 0.1) is 5.75 Å². The van der Waals surface area contributed by atoms with E-state index < -0.39 is 21.9 Å². The van der Waals surface area contributed by atoms with Gasteiger partial charge in [-0.1, -0.05) is 6.07 Å². The molecular weight excluding hydrogens is 288 g/mol. The number of carbonyl (C=O) groups excluding carboxylic acids is 1. The molecule has 0 N–H and O–H groups in total. The highest BCUT2D eigenvalue weighted by Crippen LogP contribution is 2.22. The first kappa shape index (κ1) is 14.9. The molecule has 1 saturated heterocycles. The molecule has 1 unspecified atom stereocenters. The maximum Gasteiger partial charge on any atom is 0.302 e. The van der Waals surface area contributed by atoms with Crippen molar-refractivity contribution in [2.75, 3.05) is 12.3 Å². The number of amides is 1. The lowest BCUT2D eigenvalue weighted by atomic mass is 10.1. The summed E-state index contributed by atoms with van der Waals surface area (Å²) in [6.45, 7) is 2.13. The van der Waals surface area contributed by atoms with Crippen molar-refractivity contribution in [3.05, 3.63) is 35.1 Å². The van der Waals surface area contributed by atoms with Crippen LogP contribution < -0.4 is 0 Å². The van der Waals surface area contributed by atoms with E-state index in [4.69, 9.17) is 0 Å². The van der Waals surface area contributed by atoms with E-state index >= 15 is 0 Å². The summed E-state index contributed by atoms with van der Waals surface area (Å²) in [4.78, 5) is 13.2. The average Bonchev–Trinajstić information content (AvgIpc) is 2.54. The highest BCUT2D eigenvalue weighted by molar-refractivity contribution is 7.86. The summed E-state index contributed by atoms with van der Waals surface area (Å²) >= 11 is 0. The van der Waals surface area contributed by atoms with Crippen molar-refractivity contribution in [1.29, 1.82) is 0 Å². The molecule has 4 nitrogen and oxygen atoms in total. The Kier molecular flexibility index (Phi) is 4.08. The summed E-state index contributed by atoms with van der Waals surface area (Å²) in [6.07, 6.45) is 0.0114. The number of halogens is 2. The molecule has 0 radical (unpaired) electrons. The molecule has 1 fully saturated rings. The SMILES string of the molecule is Cc1cc(F)cc(CN2CC(CS(=O)(=O)F)CC2=O)c1. The molecule has 1 aromatic carbocycles. The summed E-state index contributed by atoms with van der Waals surface area (Å²) in [5, 5.41) is 0. The Balaban J connectivity index is 2.05. The second kappa shape index (κ2) is 5.47. The molecule has 1 atom stereocenters. The predicted octanol–water partition coefficient (Wildman–Crippen LogP) is 1.78. The van der Waals surface area contributed by atoms with Crippen molar-refractivity contribution in [3.8, 4) is 0 Å². The average molecular weight is 303 g/mol. The van der Waals surface area contributed by atoms with Crippen molar-refractivity contribution in [2.45, 2.75) is 19.9 Å². The Labute approximate surface area is 116 Å². The number of carbonyl (C=O) groups is 1. The zero-order chi connectivity index (χ0) is 14.9. The quantitative estimate of drug-likeness (QED) is 0.797. The number of likely N-dealkylation sites (tertiary alicyclic amines) is 1. The summed E-state index contributed by atoms with van der Waals surface area (Å²) in [6, 6.07) is 4.48. The van der Waals surface area contributed by atoms with Gasteiger partial charge < -0.3 is 4.90 Å². The molecule has 0 bridgehead atoms. The zero-order valence-corrected chi connectivity index (χ0v) is 11.8. The van der Waals surface area contributed by atoms with Crippen LogP contribution in [0.3, 0.4) is 0 Å². The maximum absolute atomic E-state index is 13.3. The van der Waals surface area contributed by atoms with Crippen molar-refractivity contribution >= 4 is 16.1 Å². The number of benzene rings is 1. The normalized spacial score (nSPS) is 19.6. The second-order valence-electron chi connectivity index (χ2n) is 5.19. The zero-order valence-electron chi connectivity index (χ0n) is 11.0. The molecule has 1 aliphatic rings. The molecule has 1 heterocycles. The van der Waals surface area contributed by atoms with Crippen LogP contribution in [0.5, 0.6) is 0 Å². The number of hydrogen-bond acceptors (Lipinski definition) is 3. The van der Waals surface area contributed by atoms with Crippen LogP contribution in [0.1, 0.15) is 17.5 Å². The van der Waals surface area contributed by atoms with Gasteiger partial charge in [-0.25, -0.2) is 4.39 Å². The fourth-order valence-electron chi connectivity index (χ4n) is 2.52. The minimum absolute atomic E-state index is 0.0114. The molecule has 0 spiro atoms. The lowest BCUT2D eigenvalue weighted by molar-refractivity contribution is -0.128. The van der Waals surface area contributed by atoms with Gasteiger partial charge in [0.25, 0.3) is 0 Å². The van der Waals surface area contributed by atoms with Gasteiger partial charge in [0.1, 0.15) is 5.82 Å². The topological polar surface area (TPSA) is 54.5 Å². The summed E-state index contributed by atoms with van der Waals surface area (Å²) in [7, 11) is -4.58. The standard InChI is InChI=1S/C13H15F2NO3S/c1-9-2-10(4-12(14)3-9)6-16-7-11(5-13(16)17)8-20(15,18)19/h2-4,11H,5-8H2,1H3. The first-order valence-corrected chi connectivity index (χ1v) is 7.74. The molecular formula is C13H15F2NO3S. The fourth-order valence-corrected chi connectivity index (χ4v) is 3.31. The summed E-state index contributed by atoms with van der Waals surface area (Å²) < 4.78 is 47.1. The van der Waals surface area contributed by atoms with E-state index in [1.165, 1.54) is 17.0 Å². The van der Waals surface area contributed by atoms with E-state index in [1.807, 2.05) is 0 Å². The fraction of sp³-hybridized carbons (Fsp3) is 0.462. The van der Waals surface area contributed by atoms with Crippen LogP contribution in [0.15, 0.2) is 18.2 Å². The third kappa shape index (κ3) is 4.00. The lowest BCUT2D eigenvalue weighted by Crippen LogP contribution is -2.25. The maximum atomic E-state index is 13.3. The van der Waals surface area contributed by atoms with E-state index in [-0.39, 0.29) is 31.2 Å². The van der Waals surface area contributed by atoms with Gasteiger partial charge in [0.15, 0.2) is 0 Å². The van der Waals surface area contributed by atoms with Crippen LogP contribution in [0.25, 0.3) is 0 Å². The Hall–Kier alpha value is -1.50. The van der Waals surface area contributed by atoms with Crippen LogP contribution in [-0.2, 0) is 21.6 Å². The molecule has 1 aromatic rings. The molecule has 110 valence electrons. The van der Waals surface area contributed by atoms with Crippen LogP contribution in [0.4, 0.5) is 8.28 Å². The highest BCUT2D eigenvalue weighted by Gasteiger charge is 2.32. The monoisotopic (exact) mass is 303 g/mol. The Morgan fingerprint density at radius 2 is 2.05 bits per heavy atom. The van der Waals surface area contributed by atoms with Crippen LogP contribution in [-0.4, -0.2) is 31.5 Å². The van der Waals surface area contributed by atoms with Gasteiger partial charge in [0, 0.05) is 25.4 Å². The highest BCUT2D eigenvalue weighted by atomic mass is 32.3. The van der Waals surface area contributed by atoms with Gasteiger partial charge in [-0.2, -0.15) is 8.42 Å².